The predicted molar refractivity (Wildman–Crippen MR) is 32.9 cm³/mol. The molecular weight excluding hydrogens is 86.1 g/mol. The highest BCUT2D eigenvalue weighted by molar-refractivity contribution is 5.52. The number of nitrogens with one attached hydrogen (secondary N) is 1. The Balaban J connectivity index is 2.98. The first-order valence-corrected chi connectivity index (χ1v) is 2.80. The largest absolute Gasteiger partial charge is 0.313 e. The summed E-state index contributed by atoms with van der Waals surface area (Å²) in [5.41, 5.74) is 0. The van der Waals surface area contributed by atoms with E-state index in [0.29, 0.717) is 5.92 Å². The quantitative estimate of drug-likeness (QED) is 0.524. The number of hydrogen-bond acceptors (Lipinski definition) is 1. The third-order valence-electron chi connectivity index (χ3n) is 1.22. The van der Waals surface area contributed by atoms with E-state index in [1.54, 1.807) is 0 Å². The lowest BCUT2D eigenvalue weighted by molar-refractivity contribution is 0.591. The van der Waals surface area contributed by atoms with Crippen molar-refractivity contribution in [1.82, 2.24) is 0 Å². The lowest BCUT2D eigenvalue weighted by Gasteiger charge is -1.99. The van der Waals surface area contributed by atoms with Crippen LogP contribution in [0.5, 0.6) is 0 Å². The molecule has 0 heterocycles. The monoisotopic (exact) mass is 99.1 g/mol. The van der Waals surface area contributed by atoms with E-state index in [1.165, 1.54) is 12.6 Å². The van der Waals surface area contributed by atoms with Gasteiger partial charge in [-0.25, -0.2) is 0 Å². The van der Waals surface area contributed by atoms with Gasteiger partial charge < -0.3 is 5.41 Å². The lowest BCUT2D eigenvalue weighted by atomic mass is 10.1. The van der Waals surface area contributed by atoms with Gasteiger partial charge in [0, 0.05) is 0 Å². The summed E-state index contributed by atoms with van der Waals surface area (Å²) in [6, 6.07) is 0. The Bertz CT molecular complexity index is 50.1. The Morgan fingerprint density at radius 2 is 2.29 bits per heavy atom. The first-order valence-electron chi connectivity index (χ1n) is 2.80. The molecule has 0 saturated carbocycles. The molecule has 1 heteroatoms. The lowest BCUT2D eigenvalue weighted by Crippen LogP contribution is -1.90. The third-order valence-corrected chi connectivity index (χ3v) is 1.22. The molecular formula is C6H13N. The van der Waals surface area contributed by atoms with Crippen LogP contribution >= 0.6 is 0 Å². The van der Waals surface area contributed by atoms with Gasteiger partial charge in [0.25, 0.3) is 0 Å². The molecule has 7 heavy (non-hydrogen) atoms. The number of hydrogen-bond donors (Lipinski definition) is 1. The first-order chi connectivity index (χ1) is 3.31. The Morgan fingerprint density at radius 1 is 1.71 bits per heavy atom. The van der Waals surface area contributed by atoms with Crippen LogP contribution in [-0.2, 0) is 0 Å². The highest BCUT2D eigenvalue weighted by Gasteiger charge is 1.91. The summed E-state index contributed by atoms with van der Waals surface area (Å²) < 4.78 is 0. The Morgan fingerprint density at radius 3 is 2.43 bits per heavy atom. The van der Waals surface area contributed by atoms with E-state index in [2.05, 4.69) is 13.8 Å². The van der Waals surface area contributed by atoms with Crippen LogP contribution in [0.2, 0.25) is 0 Å². The van der Waals surface area contributed by atoms with Crippen molar-refractivity contribution in [2.24, 2.45) is 5.92 Å². The second-order valence-electron chi connectivity index (χ2n) is 1.95. The molecule has 1 atom stereocenters. The maximum Gasteiger partial charge on any atom is -0.00451 e. The van der Waals surface area contributed by atoms with E-state index in [-0.39, 0.29) is 0 Å². The molecule has 0 aromatic heterocycles. The zero-order chi connectivity index (χ0) is 5.70. The van der Waals surface area contributed by atoms with Gasteiger partial charge in [0.1, 0.15) is 0 Å². The van der Waals surface area contributed by atoms with Gasteiger partial charge in [-0.05, 0) is 18.6 Å². The molecule has 0 aliphatic carbocycles. The maximum atomic E-state index is 6.71. The summed E-state index contributed by atoms with van der Waals surface area (Å²) >= 11 is 0. The van der Waals surface area contributed by atoms with Crippen molar-refractivity contribution in [3.8, 4) is 0 Å². The topological polar surface area (TPSA) is 23.9 Å². The van der Waals surface area contributed by atoms with Crippen molar-refractivity contribution in [3.63, 3.8) is 0 Å². The molecule has 0 aromatic carbocycles. The summed E-state index contributed by atoms with van der Waals surface area (Å²) in [4.78, 5) is 0. The molecule has 0 aliphatic heterocycles. The average Bonchev–Trinajstić information content (AvgIpc) is 1.68. The van der Waals surface area contributed by atoms with Crippen LogP contribution < -0.4 is 0 Å². The molecule has 0 rings (SSSR count). The third kappa shape index (κ3) is 3.50. The zero-order valence-electron chi connectivity index (χ0n) is 5.07. The van der Waals surface area contributed by atoms with E-state index in [9.17, 15) is 0 Å². The Hall–Kier alpha value is -0.330. The predicted octanol–water partition coefficient (Wildman–Crippen LogP) is 2.07. The van der Waals surface area contributed by atoms with E-state index >= 15 is 0 Å². The second-order valence-corrected chi connectivity index (χ2v) is 1.95. The molecule has 0 fully saturated rings. The Labute approximate surface area is 45.2 Å². The molecule has 0 spiro atoms. The molecule has 0 aromatic rings. The smallest absolute Gasteiger partial charge is 0.00451 e. The molecule has 1 N–H and O–H groups in total. The van der Waals surface area contributed by atoms with Crippen LogP contribution in [0.3, 0.4) is 0 Å². The van der Waals surface area contributed by atoms with Crippen molar-refractivity contribution in [1.29, 1.82) is 5.41 Å². The molecule has 0 radical (unpaired) electrons. The summed E-state index contributed by atoms with van der Waals surface area (Å²) in [5.74, 6) is 0.706. The summed E-state index contributed by atoms with van der Waals surface area (Å²) in [6.45, 7) is 4.30. The Kier molecular flexibility index (Phi) is 3.67. The fraction of sp³-hybridized carbons (Fsp3) is 0.833. The fourth-order valence-corrected chi connectivity index (χ4v) is 0.368. The van der Waals surface area contributed by atoms with Gasteiger partial charge in [0.15, 0.2) is 0 Å². The summed E-state index contributed by atoms with van der Waals surface area (Å²) in [6.07, 6.45) is 3.61. The van der Waals surface area contributed by atoms with Gasteiger partial charge >= 0.3 is 0 Å². The van der Waals surface area contributed by atoms with Crippen molar-refractivity contribution in [2.75, 3.05) is 0 Å². The normalized spacial score (nSPS) is 13.4. The van der Waals surface area contributed by atoms with Gasteiger partial charge in [-0.15, -0.1) is 0 Å². The molecule has 0 unspecified atom stereocenters. The molecule has 0 aliphatic rings. The zero-order valence-corrected chi connectivity index (χ0v) is 5.07. The average molecular weight is 99.2 g/mol. The van der Waals surface area contributed by atoms with Gasteiger partial charge in [-0.3, -0.25) is 0 Å². The highest BCUT2D eigenvalue weighted by atomic mass is 14.3. The molecule has 1 nitrogen and oxygen atoms in total. The van der Waals surface area contributed by atoms with Crippen LogP contribution in [0.25, 0.3) is 0 Å². The van der Waals surface area contributed by atoms with Crippen LogP contribution in [0.15, 0.2) is 0 Å². The van der Waals surface area contributed by atoms with E-state index in [4.69, 9.17) is 5.41 Å². The molecule has 0 saturated heterocycles. The van der Waals surface area contributed by atoms with Crippen LogP contribution in [0, 0.1) is 11.3 Å². The van der Waals surface area contributed by atoms with Gasteiger partial charge in [0.2, 0.25) is 0 Å². The van der Waals surface area contributed by atoms with Crippen LogP contribution in [0.4, 0.5) is 0 Å². The van der Waals surface area contributed by atoms with Gasteiger partial charge in [-0.1, -0.05) is 20.3 Å². The van der Waals surface area contributed by atoms with Gasteiger partial charge in [-0.2, -0.15) is 0 Å². The summed E-state index contributed by atoms with van der Waals surface area (Å²) in [7, 11) is 0. The van der Waals surface area contributed by atoms with E-state index < -0.39 is 0 Å². The summed E-state index contributed by atoms with van der Waals surface area (Å²) in [5, 5.41) is 6.71. The molecule has 0 bridgehead atoms. The van der Waals surface area contributed by atoms with E-state index in [0.717, 1.165) is 6.42 Å². The second kappa shape index (κ2) is 3.85. The van der Waals surface area contributed by atoms with Crippen molar-refractivity contribution in [2.45, 2.75) is 26.7 Å². The minimum Gasteiger partial charge on any atom is -0.313 e. The highest BCUT2D eigenvalue weighted by Crippen LogP contribution is 2.02. The van der Waals surface area contributed by atoms with Crippen LogP contribution in [0.1, 0.15) is 26.7 Å². The minimum absolute atomic E-state index is 0.706. The van der Waals surface area contributed by atoms with E-state index in [1.807, 2.05) is 0 Å². The molecule has 0 amide bonds. The standard InChI is InChI=1S/C6H13N/c1-3-6(2)4-5-7/h5-7H,3-4H2,1-2H3/t6-/m0/s1. The van der Waals surface area contributed by atoms with Crippen molar-refractivity contribution in [3.05, 3.63) is 0 Å². The van der Waals surface area contributed by atoms with Crippen molar-refractivity contribution >= 4 is 6.21 Å². The maximum absolute atomic E-state index is 6.71. The SMILES string of the molecule is CC[C@H](C)CC=N. The number of rotatable bonds is 3. The van der Waals surface area contributed by atoms with Crippen molar-refractivity contribution < 1.29 is 0 Å². The fourth-order valence-electron chi connectivity index (χ4n) is 0.368. The van der Waals surface area contributed by atoms with Crippen LogP contribution in [-0.4, -0.2) is 6.21 Å². The van der Waals surface area contributed by atoms with Gasteiger partial charge in [0.05, 0.1) is 0 Å². The first kappa shape index (κ1) is 6.67. The minimum atomic E-state index is 0.706. The molecule has 42 valence electrons.